The molecule has 1 aliphatic rings. The highest BCUT2D eigenvalue weighted by Crippen LogP contribution is 2.44. The molecule has 1 saturated heterocycles. The highest BCUT2D eigenvalue weighted by molar-refractivity contribution is 7.10. The van der Waals surface area contributed by atoms with Crippen LogP contribution in [0, 0.1) is 5.82 Å². The Morgan fingerprint density at radius 3 is 2.42 bits per heavy atom. The maximum Gasteiger partial charge on any atom is 0.300 e. The quantitative estimate of drug-likeness (QED) is 0.359. The van der Waals surface area contributed by atoms with Gasteiger partial charge in [-0.25, -0.2) is 4.39 Å². The number of rotatable bonds is 5. The van der Waals surface area contributed by atoms with Gasteiger partial charge in [0.15, 0.2) is 0 Å². The van der Waals surface area contributed by atoms with Gasteiger partial charge in [0, 0.05) is 10.6 Å². The lowest BCUT2D eigenvalue weighted by Gasteiger charge is -2.24. The van der Waals surface area contributed by atoms with Crippen molar-refractivity contribution in [3.63, 3.8) is 0 Å². The molecule has 1 unspecified atom stereocenters. The highest BCUT2D eigenvalue weighted by atomic mass is 32.1. The van der Waals surface area contributed by atoms with Crippen molar-refractivity contribution in [2.45, 2.75) is 6.04 Å². The Morgan fingerprint density at radius 2 is 1.81 bits per heavy atom. The van der Waals surface area contributed by atoms with Crippen molar-refractivity contribution in [1.82, 2.24) is 0 Å². The maximum absolute atomic E-state index is 13.5. The minimum absolute atomic E-state index is 0.0803. The summed E-state index contributed by atoms with van der Waals surface area (Å²) in [7, 11) is 2.91. The van der Waals surface area contributed by atoms with E-state index in [0.29, 0.717) is 22.1 Å². The molecule has 4 rings (SSSR count). The summed E-state index contributed by atoms with van der Waals surface area (Å²) in [5, 5.41) is 13.0. The van der Waals surface area contributed by atoms with E-state index in [-0.39, 0.29) is 16.9 Å². The van der Waals surface area contributed by atoms with Crippen molar-refractivity contribution < 1.29 is 28.6 Å². The standard InChI is InChI=1S/C23H18FNO5S/c1-29-15-9-10-17(30-2)16(12-15)21(26)19-20(18-4-3-11-31-18)25(23(28)22(19)27)14-7-5-13(24)6-8-14/h3-12,20,26H,1-2H3/b21-19-. The normalized spacial score (nSPS) is 17.8. The first kappa shape index (κ1) is 20.6. The number of hydrogen-bond donors (Lipinski definition) is 1. The SMILES string of the molecule is COc1ccc(OC)c(/C(O)=C2/C(=O)C(=O)N(c3ccc(F)cc3)C2c2cccs2)c1. The number of halogens is 1. The fourth-order valence-electron chi connectivity index (χ4n) is 3.56. The van der Waals surface area contributed by atoms with Crippen LogP contribution in [-0.2, 0) is 9.59 Å². The van der Waals surface area contributed by atoms with Gasteiger partial charge in [-0.2, -0.15) is 0 Å². The Hall–Kier alpha value is -3.65. The largest absolute Gasteiger partial charge is 0.507 e. The summed E-state index contributed by atoms with van der Waals surface area (Å²) < 4.78 is 24.0. The van der Waals surface area contributed by atoms with Gasteiger partial charge in [-0.3, -0.25) is 14.5 Å². The average molecular weight is 439 g/mol. The van der Waals surface area contributed by atoms with E-state index in [1.165, 1.54) is 60.8 Å². The van der Waals surface area contributed by atoms with Crippen molar-refractivity contribution in [2.75, 3.05) is 19.1 Å². The van der Waals surface area contributed by atoms with Crippen molar-refractivity contribution in [2.24, 2.45) is 0 Å². The molecule has 1 fully saturated rings. The maximum atomic E-state index is 13.5. The molecule has 6 nitrogen and oxygen atoms in total. The molecule has 0 bridgehead atoms. The summed E-state index contributed by atoms with van der Waals surface area (Å²) >= 11 is 1.34. The zero-order valence-electron chi connectivity index (χ0n) is 16.7. The van der Waals surface area contributed by atoms with Crippen molar-refractivity contribution >= 4 is 34.5 Å². The smallest absolute Gasteiger partial charge is 0.300 e. The van der Waals surface area contributed by atoms with Gasteiger partial charge in [0.05, 0.1) is 25.4 Å². The molecule has 1 N–H and O–H groups in total. The molecule has 3 aromatic rings. The zero-order chi connectivity index (χ0) is 22.1. The van der Waals surface area contributed by atoms with Crippen LogP contribution in [-0.4, -0.2) is 31.0 Å². The average Bonchev–Trinajstić information content (AvgIpc) is 3.40. The second-order valence-electron chi connectivity index (χ2n) is 6.73. The van der Waals surface area contributed by atoms with Crippen LogP contribution in [0.2, 0.25) is 0 Å². The number of carbonyl (C=O) groups excluding carboxylic acids is 2. The number of aliphatic hydroxyl groups excluding tert-OH is 1. The number of hydrogen-bond acceptors (Lipinski definition) is 6. The summed E-state index contributed by atoms with van der Waals surface area (Å²) in [6.45, 7) is 0. The molecule has 2 heterocycles. The first-order chi connectivity index (χ1) is 15.0. The number of thiophene rings is 1. The number of amides is 1. The summed E-state index contributed by atoms with van der Waals surface area (Å²) in [6.07, 6.45) is 0. The van der Waals surface area contributed by atoms with Crippen molar-refractivity contribution in [1.29, 1.82) is 0 Å². The van der Waals surface area contributed by atoms with Crippen LogP contribution >= 0.6 is 11.3 Å². The van der Waals surface area contributed by atoms with Gasteiger partial charge in [-0.15, -0.1) is 11.3 Å². The minimum atomic E-state index is -0.874. The second-order valence-corrected chi connectivity index (χ2v) is 7.71. The predicted octanol–water partition coefficient (Wildman–Crippen LogP) is 4.53. The first-order valence-electron chi connectivity index (χ1n) is 9.28. The van der Waals surface area contributed by atoms with E-state index < -0.39 is 23.5 Å². The fourth-order valence-corrected chi connectivity index (χ4v) is 4.38. The van der Waals surface area contributed by atoms with Gasteiger partial charge in [0.2, 0.25) is 0 Å². The first-order valence-corrected chi connectivity index (χ1v) is 10.2. The van der Waals surface area contributed by atoms with Gasteiger partial charge in [0.1, 0.15) is 29.1 Å². The Morgan fingerprint density at radius 1 is 1.06 bits per heavy atom. The monoisotopic (exact) mass is 439 g/mol. The molecular formula is C23H18FNO5S. The summed E-state index contributed by atoms with van der Waals surface area (Å²) in [4.78, 5) is 28.0. The van der Waals surface area contributed by atoms with Crippen LogP contribution in [0.5, 0.6) is 11.5 Å². The fraction of sp³-hybridized carbons (Fsp3) is 0.130. The lowest BCUT2D eigenvalue weighted by Crippen LogP contribution is -2.29. The van der Waals surface area contributed by atoms with E-state index >= 15 is 0 Å². The Kier molecular flexibility index (Phi) is 5.48. The van der Waals surface area contributed by atoms with Gasteiger partial charge in [-0.05, 0) is 53.9 Å². The van der Waals surface area contributed by atoms with Crippen LogP contribution < -0.4 is 14.4 Å². The van der Waals surface area contributed by atoms with E-state index in [2.05, 4.69) is 0 Å². The number of methoxy groups -OCH3 is 2. The van der Waals surface area contributed by atoms with Gasteiger partial charge in [0.25, 0.3) is 11.7 Å². The molecule has 2 aromatic carbocycles. The van der Waals surface area contributed by atoms with E-state index in [1.807, 2.05) is 5.38 Å². The van der Waals surface area contributed by atoms with Crippen LogP contribution in [0.1, 0.15) is 16.5 Å². The molecule has 31 heavy (non-hydrogen) atoms. The van der Waals surface area contributed by atoms with Gasteiger partial charge < -0.3 is 14.6 Å². The lowest BCUT2D eigenvalue weighted by molar-refractivity contribution is -0.132. The molecule has 158 valence electrons. The summed E-state index contributed by atoms with van der Waals surface area (Å²) in [5.41, 5.74) is 0.488. The number of aliphatic hydroxyl groups is 1. The topological polar surface area (TPSA) is 76.1 Å². The van der Waals surface area contributed by atoms with Crippen LogP contribution in [0.3, 0.4) is 0 Å². The Balaban J connectivity index is 1.95. The predicted molar refractivity (Wildman–Crippen MR) is 115 cm³/mol. The zero-order valence-corrected chi connectivity index (χ0v) is 17.5. The van der Waals surface area contributed by atoms with E-state index in [0.717, 1.165) is 0 Å². The summed E-state index contributed by atoms with van der Waals surface area (Å²) in [6, 6.07) is 12.8. The second kappa shape index (κ2) is 8.23. The Labute approximate surface area is 181 Å². The third-order valence-electron chi connectivity index (χ3n) is 5.02. The van der Waals surface area contributed by atoms with Crippen LogP contribution in [0.25, 0.3) is 5.76 Å². The van der Waals surface area contributed by atoms with Gasteiger partial charge >= 0.3 is 0 Å². The molecule has 0 radical (unpaired) electrons. The number of carbonyl (C=O) groups is 2. The molecule has 1 atom stereocenters. The third kappa shape index (κ3) is 3.55. The molecule has 1 amide bonds. The molecule has 0 saturated carbocycles. The molecule has 1 aromatic heterocycles. The van der Waals surface area contributed by atoms with E-state index in [1.54, 1.807) is 24.3 Å². The van der Waals surface area contributed by atoms with Crippen molar-refractivity contribution in [3.8, 4) is 11.5 Å². The molecule has 1 aliphatic heterocycles. The molecule has 8 heteroatoms. The van der Waals surface area contributed by atoms with Crippen LogP contribution in [0.15, 0.2) is 65.6 Å². The Bertz CT molecular complexity index is 1170. The van der Waals surface area contributed by atoms with Gasteiger partial charge in [-0.1, -0.05) is 6.07 Å². The third-order valence-corrected chi connectivity index (χ3v) is 5.95. The molecule has 0 spiro atoms. The lowest BCUT2D eigenvalue weighted by atomic mass is 9.99. The number of Topliss-reactive ketones (excluding diaryl/α,β-unsaturated/α-hetero) is 1. The van der Waals surface area contributed by atoms with E-state index in [4.69, 9.17) is 9.47 Å². The number of ether oxygens (including phenoxy) is 2. The molecular weight excluding hydrogens is 421 g/mol. The number of benzene rings is 2. The minimum Gasteiger partial charge on any atom is -0.507 e. The molecule has 0 aliphatic carbocycles. The summed E-state index contributed by atoms with van der Waals surface area (Å²) in [5.74, 6) is -1.73. The number of anilines is 1. The van der Waals surface area contributed by atoms with Crippen LogP contribution in [0.4, 0.5) is 10.1 Å². The number of ketones is 1. The number of nitrogens with zero attached hydrogens (tertiary/aromatic N) is 1. The van der Waals surface area contributed by atoms with Crippen molar-refractivity contribution in [3.05, 3.63) is 81.8 Å². The highest BCUT2D eigenvalue weighted by Gasteiger charge is 2.47. The van der Waals surface area contributed by atoms with E-state index in [9.17, 15) is 19.1 Å².